The molecule has 28 heavy (non-hydrogen) atoms. The van der Waals surface area contributed by atoms with Crippen molar-refractivity contribution in [2.45, 2.75) is 52.0 Å². The van der Waals surface area contributed by atoms with Gasteiger partial charge in [-0.05, 0) is 50.5 Å². The molecule has 0 aromatic carbocycles. The summed E-state index contributed by atoms with van der Waals surface area (Å²) in [7, 11) is 1.82. The number of rotatable bonds is 8. The number of ether oxygens (including phenoxy) is 1. The third kappa shape index (κ3) is 5.32. The molecule has 0 bridgehead atoms. The number of likely N-dealkylation sites (N-methyl/N-ethyl adjacent to an activating group) is 1. The molecule has 0 aliphatic heterocycles. The van der Waals surface area contributed by atoms with Crippen molar-refractivity contribution >= 4 is 34.1 Å². The van der Waals surface area contributed by atoms with Gasteiger partial charge in [-0.2, -0.15) is 0 Å². The van der Waals surface area contributed by atoms with Gasteiger partial charge >= 0.3 is 5.97 Å². The minimum atomic E-state index is -0.366. The van der Waals surface area contributed by atoms with Crippen molar-refractivity contribution in [2.24, 2.45) is 5.92 Å². The first kappa shape index (κ1) is 20.8. The van der Waals surface area contributed by atoms with E-state index in [9.17, 15) is 14.4 Å². The van der Waals surface area contributed by atoms with E-state index in [1.54, 1.807) is 6.92 Å². The molecule has 2 atom stereocenters. The predicted molar refractivity (Wildman–Crippen MR) is 108 cm³/mol. The number of nitrogens with one attached hydrogen (secondary N) is 3. The molecule has 8 heteroatoms. The first-order chi connectivity index (χ1) is 13.4. The molecular formula is C20H30N3O4S+. The fourth-order valence-electron chi connectivity index (χ4n) is 3.55. The number of carbonyl (C=O) groups excluding carboxylic acids is 3. The van der Waals surface area contributed by atoms with Gasteiger partial charge in [0.1, 0.15) is 5.00 Å². The molecular weight excluding hydrogens is 378 g/mol. The molecule has 3 N–H and O–H groups in total. The van der Waals surface area contributed by atoms with E-state index in [0.717, 1.165) is 42.6 Å². The zero-order valence-corrected chi connectivity index (χ0v) is 17.7. The number of carbonyl (C=O) groups is 3. The zero-order valence-electron chi connectivity index (χ0n) is 16.9. The second-order valence-electron chi connectivity index (χ2n) is 7.98. The third-order valence-electron chi connectivity index (χ3n) is 5.11. The summed E-state index contributed by atoms with van der Waals surface area (Å²) in [5.41, 5.74) is 1.55. The molecule has 1 saturated carbocycles. The standard InChI is InChI=1S/C20H29N3O4S/c1-4-27-20(26)18-14-8-5-12(2)9-15(14)28-19(18)22-17(25)11-23(3)10-16(24)21-13-6-7-13/h12-13H,4-11H2,1-3H3,(H,21,24)(H,22,25)/p+1/t12-/m1/s1. The van der Waals surface area contributed by atoms with E-state index in [1.165, 1.54) is 16.2 Å². The van der Waals surface area contributed by atoms with Crippen molar-refractivity contribution in [3.8, 4) is 0 Å². The lowest BCUT2D eigenvalue weighted by Gasteiger charge is -2.18. The highest BCUT2D eigenvalue weighted by molar-refractivity contribution is 7.17. The Balaban J connectivity index is 1.65. The maximum absolute atomic E-state index is 12.5. The molecule has 154 valence electrons. The molecule has 1 aromatic rings. The van der Waals surface area contributed by atoms with Crippen molar-refractivity contribution in [2.75, 3.05) is 32.1 Å². The number of amides is 2. The molecule has 2 aliphatic carbocycles. The van der Waals surface area contributed by atoms with Crippen LogP contribution < -0.4 is 15.5 Å². The van der Waals surface area contributed by atoms with Gasteiger partial charge in [-0.25, -0.2) is 4.79 Å². The topological polar surface area (TPSA) is 88.9 Å². The Morgan fingerprint density at radius 1 is 1.18 bits per heavy atom. The van der Waals surface area contributed by atoms with Crippen LogP contribution in [-0.2, 0) is 27.2 Å². The molecule has 7 nitrogen and oxygen atoms in total. The lowest BCUT2D eigenvalue weighted by Crippen LogP contribution is -3.11. The maximum atomic E-state index is 12.5. The Bertz CT molecular complexity index is 757. The number of hydrogen-bond donors (Lipinski definition) is 3. The average Bonchev–Trinajstić information content (AvgIpc) is 3.33. The highest BCUT2D eigenvalue weighted by Gasteiger charge is 2.30. The van der Waals surface area contributed by atoms with Gasteiger partial charge in [0.2, 0.25) is 0 Å². The first-order valence-electron chi connectivity index (χ1n) is 10.1. The number of fused-ring (bicyclic) bond motifs is 1. The van der Waals surface area contributed by atoms with Crippen LogP contribution in [0.1, 0.15) is 53.9 Å². The van der Waals surface area contributed by atoms with Crippen LogP contribution in [0.2, 0.25) is 0 Å². The summed E-state index contributed by atoms with van der Waals surface area (Å²) >= 11 is 1.48. The SMILES string of the molecule is CCOC(=O)c1c(NC(=O)C[NH+](C)CC(=O)NC2CC2)sc2c1CC[C@@H](C)C2. The average molecular weight is 409 g/mol. The summed E-state index contributed by atoms with van der Waals surface area (Å²) in [6, 6.07) is 0.320. The molecule has 1 unspecified atom stereocenters. The zero-order chi connectivity index (χ0) is 20.3. The van der Waals surface area contributed by atoms with Gasteiger partial charge in [-0.15, -0.1) is 11.3 Å². The predicted octanol–water partition coefficient (Wildman–Crippen LogP) is 0.781. The van der Waals surface area contributed by atoms with Gasteiger partial charge in [0, 0.05) is 10.9 Å². The molecule has 2 aliphatic rings. The van der Waals surface area contributed by atoms with Crippen LogP contribution in [0, 0.1) is 5.92 Å². The van der Waals surface area contributed by atoms with Crippen LogP contribution in [0.4, 0.5) is 5.00 Å². The molecule has 1 aromatic heterocycles. The quantitative estimate of drug-likeness (QED) is 0.555. The van der Waals surface area contributed by atoms with Crippen LogP contribution >= 0.6 is 11.3 Å². The normalized spacial score (nSPS) is 19.5. The highest BCUT2D eigenvalue weighted by atomic mass is 32.1. The summed E-state index contributed by atoms with van der Waals surface area (Å²) < 4.78 is 5.24. The minimum Gasteiger partial charge on any atom is -0.462 e. The molecule has 0 saturated heterocycles. The van der Waals surface area contributed by atoms with E-state index in [1.807, 2.05) is 7.05 Å². The summed E-state index contributed by atoms with van der Waals surface area (Å²) in [5.74, 6) is -0.0193. The maximum Gasteiger partial charge on any atom is 0.341 e. The van der Waals surface area contributed by atoms with Gasteiger partial charge in [-0.1, -0.05) is 6.92 Å². The van der Waals surface area contributed by atoms with E-state index in [2.05, 4.69) is 17.6 Å². The van der Waals surface area contributed by atoms with Crippen LogP contribution in [0.5, 0.6) is 0 Å². The molecule has 1 heterocycles. The second-order valence-corrected chi connectivity index (χ2v) is 9.08. The van der Waals surface area contributed by atoms with Gasteiger partial charge < -0.3 is 20.3 Å². The van der Waals surface area contributed by atoms with Gasteiger partial charge in [0.05, 0.1) is 19.2 Å². The van der Waals surface area contributed by atoms with Crippen LogP contribution in [0.25, 0.3) is 0 Å². The van der Waals surface area contributed by atoms with E-state index in [0.29, 0.717) is 29.1 Å². The summed E-state index contributed by atoms with van der Waals surface area (Å²) in [5, 5.41) is 6.42. The fourth-order valence-corrected chi connectivity index (χ4v) is 4.96. The third-order valence-corrected chi connectivity index (χ3v) is 6.28. The van der Waals surface area contributed by atoms with Crippen molar-refractivity contribution in [1.82, 2.24) is 5.32 Å². The monoisotopic (exact) mass is 408 g/mol. The Labute approximate surface area is 169 Å². The molecule has 0 radical (unpaired) electrons. The number of anilines is 1. The number of quaternary nitrogens is 1. The smallest absolute Gasteiger partial charge is 0.341 e. The van der Waals surface area contributed by atoms with E-state index in [-0.39, 0.29) is 30.9 Å². The minimum absolute atomic E-state index is 0.0272. The number of thiophene rings is 1. The van der Waals surface area contributed by atoms with Crippen molar-refractivity contribution in [3.63, 3.8) is 0 Å². The molecule has 2 amide bonds. The largest absolute Gasteiger partial charge is 0.462 e. The fraction of sp³-hybridized carbons (Fsp3) is 0.650. The molecule has 3 rings (SSSR count). The van der Waals surface area contributed by atoms with Crippen molar-refractivity contribution < 1.29 is 24.0 Å². The summed E-state index contributed by atoms with van der Waals surface area (Å²) in [6.45, 7) is 4.71. The Morgan fingerprint density at radius 3 is 2.57 bits per heavy atom. The van der Waals surface area contributed by atoms with E-state index in [4.69, 9.17) is 4.74 Å². The Kier molecular flexibility index (Phi) is 6.72. The first-order valence-corrected chi connectivity index (χ1v) is 10.9. The lowest BCUT2D eigenvalue weighted by atomic mass is 9.88. The van der Waals surface area contributed by atoms with Crippen LogP contribution in [0.15, 0.2) is 0 Å². The lowest BCUT2D eigenvalue weighted by molar-refractivity contribution is -0.862. The number of hydrogen-bond acceptors (Lipinski definition) is 5. The second kappa shape index (κ2) is 9.05. The van der Waals surface area contributed by atoms with E-state index < -0.39 is 0 Å². The Morgan fingerprint density at radius 2 is 1.89 bits per heavy atom. The number of esters is 1. The summed E-state index contributed by atoms with van der Waals surface area (Å²) in [4.78, 5) is 38.9. The Hall–Kier alpha value is -1.93. The van der Waals surface area contributed by atoms with Crippen molar-refractivity contribution in [3.05, 3.63) is 16.0 Å². The van der Waals surface area contributed by atoms with Gasteiger partial charge in [-0.3, -0.25) is 9.59 Å². The van der Waals surface area contributed by atoms with Crippen molar-refractivity contribution in [1.29, 1.82) is 0 Å². The molecule has 1 fully saturated rings. The van der Waals surface area contributed by atoms with Crippen LogP contribution in [-0.4, -0.2) is 50.6 Å². The van der Waals surface area contributed by atoms with Gasteiger partial charge in [0.25, 0.3) is 11.8 Å². The summed E-state index contributed by atoms with van der Waals surface area (Å²) in [6.07, 6.45) is 4.89. The van der Waals surface area contributed by atoms with E-state index >= 15 is 0 Å². The van der Waals surface area contributed by atoms with Crippen LogP contribution in [0.3, 0.4) is 0 Å². The highest BCUT2D eigenvalue weighted by Crippen LogP contribution is 2.40. The van der Waals surface area contributed by atoms with Gasteiger partial charge in [0.15, 0.2) is 13.1 Å². The molecule has 0 spiro atoms.